The summed E-state index contributed by atoms with van der Waals surface area (Å²) in [5.74, 6) is -0.370. The summed E-state index contributed by atoms with van der Waals surface area (Å²) < 4.78 is 44.1. The average Bonchev–Trinajstić information content (AvgIpc) is 3.41. The van der Waals surface area contributed by atoms with Crippen LogP contribution in [-0.4, -0.2) is 34.1 Å². The maximum atomic E-state index is 14.0. The smallest absolute Gasteiger partial charge is 0.416 e. The van der Waals surface area contributed by atoms with Gasteiger partial charge in [-0.1, -0.05) is 55.7 Å². The zero-order valence-corrected chi connectivity index (χ0v) is 24.0. The average molecular weight is 593 g/mol. The third-order valence-corrected chi connectivity index (χ3v) is 8.36. The van der Waals surface area contributed by atoms with E-state index in [9.17, 15) is 22.8 Å². The zero-order chi connectivity index (χ0) is 30.5. The number of aromatic nitrogens is 2. The van der Waals surface area contributed by atoms with Crippen LogP contribution in [0, 0.1) is 0 Å². The first-order valence-electron chi connectivity index (χ1n) is 14.4. The highest BCUT2D eigenvalue weighted by molar-refractivity contribution is 5.91. The first-order valence-corrected chi connectivity index (χ1v) is 14.4. The molecule has 4 aromatic rings. The predicted octanol–water partition coefficient (Wildman–Crippen LogP) is 6.83. The number of carbonyl (C=O) groups is 2. The van der Waals surface area contributed by atoms with Crippen molar-refractivity contribution < 1.29 is 27.5 Å². The number of alkyl carbamates (subject to hydrolysis) is 1. The van der Waals surface area contributed by atoms with Crippen molar-refractivity contribution in [2.45, 2.75) is 69.2 Å². The largest absolute Gasteiger partial charge is 0.445 e. The number of ether oxygens (including phenoxy) is 1. The van der Waals surface area contributed by atoms with E-state index >= 15 is 0 Å². The van der Waals surface area contributed by atoms with Crippen LogP contribution in [0.1, 0.15) is 61.4 Å². The molecule has 0 unspecified atom stereocenters. The number of fused-ring (bicyclic) bond motifs is 1. The predicted molar refractivity (Wildman–Crippen MR) is 157 cm³/mol. The third kappa shape index (κ3) is 7.01. The van der Waals surface area contributed by atoms with Gasteiger partial charge in [-0.2, -0.15) is 13.2 Å². The number of aromatic amines is 1. The summed E-state index contributed by atoms with van der Waals surface area (Å²) in [4.78, 5) is 34.8. The number of nitrogens with one attached hydrogen (secondary N) is 3. The number of halogens is 3. The molecule has 2 aromatic heterocycles. The van der Waals surface area contributed by atoms with Gasteiger partial charge >= 0.3 is 12.3 Å². The molecule has 43 heavy (non-hydrogen) atoms. The molecule has 1 atom stereocenters. The number of amides is 2. The Bertz CT molecular complexity index is 1550. The molecule has 0 saturated heterocycles. The fourth-order valence-electron chi connectivity index (χ4n) is 5.91. The second-order valence-corrected chi connectivity index (χ2v) is 11.5. The van der Waals surface area contributed by atoms with Crippen LogP contribution in [-0.2, 0) is 34.2 Å². The lowest BCUT2D eigenvalue weighted by Gasteiger charge is -2.38. The summed E-state index contributed by atoms with van der Waals surface area (Å²) in [6.45, 7) is 1.77. The lowest BCUT2D eigenvalue weighted by Crippen LogP contribution is -2.59. The molecule has 226 valence electrons. The molecule has 10 heteroatoms. The van der Waals surface area contributed by atoms with Gasteiger partial charge in [-0.15, -0.1) is 0 Å². The van der Waals surface area contributed by atoms with E-state index in [0.717, 1.165) is 66.4 Å². The fraction of sp³-hybridized carbons (Fsp3) is 0.364. The van der Waals surface area contributed by atoms with Crippen molar-refractivity contribution in [1.82, 2.24) is 20.6 Å². The Kier molecular flexibility index (Phi) is 8.75. The van der Waals surface area contributed by atoms with Crippen molar-refractivity contribution in [3.05, 3.63) is 102 Å². The molecule has 7 nitrogen and oxygen atoms in total. The number of benzene rings is 2. The molecule has 1 aliphatic carbocycles. The fourth-order valence-corrected chi connectivity index (χ4v) is 5.91. The zero-order valence-electron chi connectivity index (χ0n) is 24.0. The molecule has 2 aromatic carbocycles. The summed E-state index contributed by atoms with van der Waals surface area (Å²) >= 11 is 0. The Morgan fingerprint density at radius 2 is 1.70 bits per heavy atom. The maximum absolute atomic E-state index is 14.0. The van der Waals surface area contributed by atoms with Crippen LogP contribution in [0.4, 0.5) is 18.0 Å². The molecule has 3 N–H and O–H groups in total. The van der Waals surface area contributed by atoms with Gasteiger partial charge in [0.2, 0.25) is 5.91 Å². The van der Waals surface area contributed by atoms with Crippen molar-refractivity contribution in [1.29, 1.82) is 0 Å². The minimum atomic E-state index is -4.46. The Balaban J connectivity index is 1.34. The highest BCUT2D eigenvalue weighted by atomic mass is 19.4. The Morgan fingerprint density at radius 1 is 0.977 bits per heavy atom. The van der Waals surface area contributed by atoms with E-state index in [1.165, 1.54) is 12.1 Å². The molecule has 1 aliphatic rings. The molecular formula is C33H35F3N4O3. The van der Waals surface area contributed by atoms with Crippen molar-refractivity contribution in [2.75, 3.05) is 6.54 Å². The first-order chi connectivity index (χ1) is 20.6. The van der Waals surface area contributed by atoms with Gasteiger partial charge in [-0.25, -0.2) is 4.79 Å². The molecule has 0 bridgehead atoms. The number of hydrogen-bond acceptors (Lipinski definition) is 4. The lowest BCUT2D eigenvalue weighted by molar-refractivity contribution is -0.137. The molecular weight excluding hydrogens is 557 g/mol. The standard InChI is InChI=1S/C33H35F3N4O3/c1-31(19-24-20-38-27-10-4-3-9-26(24)27,40-30(42)43-21-23-12-14-25(15-13-23)33(34,35)36)29(41)39-22-32(16-6-2-7-17-32)28-11-5-8-18-37-28/h3-5,8-15,18,20,38H,2,6-7,16-17,19,21-22H2,1H3,(H,39,41)(H,40,42)/t31-/m0/s1. The van der Waals surface area contributed by atoms with Crippen LogP contribution >= 0.6 is 0 Å². The topological polar surface area (TPSA) is 96.1 Å². The second kappa shape index (κ2) is 12.5. The summed E-state index contributed by atoms with van der Waals surface area (Å²) in [7, 11) is 0. The van der Waals surface area contributed by atoms with Gasteiger partial charge in [0, 0.05) is 47.4 Å². The van der Waals surface area contributed by atoms with Crippen LogP contribution in [0.5, 0.6) is 0 Å². The van der Waals surface area contributed by atoms with E-state index in [-0.39, 0.29) is 24.3 Å². The van der Waals surface area contributed by atoms with E-state index in [4.69, 9.17) is 4.74 Å². The number of hydrogen-bond donors (Lipinski definition) is 3. The van der Waals surface area contributed by atoms with Crippen molar-refractivity contribution in [2.24, 2.45) is 0 Å². The molecule has 5 rings (SSSR count). The summed E-state index contributed by atoms with van der Waals surface area (Å²) in [5.41, 5.74) is 0.583. The minimum Gasteiger partial charge on any atom is -0.445 e. The van der Waals surface area contributed by atoms with Crippen LogP contribution in [0.3, 0.4) is 0 Å². The number of pyridine rings is 1. The van der Waals surface area contributed by atoms with Crippen molar-refractivity contribution in [3.8, 4) is 0 Å². The molecule has 2 heterocycles. The second-order valence-electron chi connectivity index (χ2n) is 11.5. The summed E-state index contributed by atoms with van der Waals surface area (Å²) in [6, 6.07) is 17.9. The number of nitrogens with zero attached hydrogens (tertiary/aromatic N) is 1. The first kappa shape index (κ1) is 30.1. The molecule has 0 spiro atoms. The number of carbonyl (C=O) groups excluding carboxylic acids is 2. The summed E-state index contributed by atoms with van der Waals surface area (Å²) in [6.07, 6.45) is 3.45. The van der Waals surface area contributed by atoms with E-state index in [0.29, 0.717) is 12.1 Å². The van der Waals surface area contributed by atoms with Gasteiger partial charge < -0.3 is 20.4 Å². The van der Waals surface area contributed by atoms with Crippen LogP contribution in [0.25, 0.3) is 10.9 Å². The van der Waals surface area contributed by atoms with Gasteiger partial charge in [0.25, 0.3) is 0 Å². The molecule has 0 radical (unpaired) electrons. The van der Waals surface area contributed by atoms with Gasteiger partial charge in [0.1, 0.15) is 12.1 Å². The van der Waals surface area contributed by atoms with Gasteiger partial charge in [0.15, 0.2) is 0 Å². The number of para-hydroxylation sites is 1. The van der Waals surface area contributed by atoms with Gasteiger partial charge in [-0.05, 0) is 61.2 Å². The molecule has 1 fully saturated rings. The monoisotopic (exact) mass is 592 g/mol. The molecule has 0 aliphatic heterocycles. The number of alkyl halides is 3. The van der Waals surface area contributed by atoms with Crippen molar-refractivity contribution in [3.63, 3.8) is 0 Å². The maximum Gasteiger partial charge on any atom is 0.416 e. The normalized spacial score (nSPS) is 16.3. The quantitative estimate of drug-likeness (QED) is 0.199. The molecule has 2 amide bonds. The van der Waals surface area contributed by atoms with Crippen LogP contribution < -0.4 is 10.6 Å². The van der Waals surface area contributed by atoms with E-state index in [1.54, 1.807) is 13.1 Å². The highest BCUT2D eigenvalue weighted by Crippen LogP contribution is 2.38. The number of rotatable bonds is 9. The lowest BCUT2D eigenvalue weighted by atomic mass is 9.71. The van der Waals surface area contributed by atoms with Gasteiger partial charge in [-0.3, -0.25) is 9.78 Å². The van der Waals surface area contributed by atoms with E-state index < -0.39 is 23.4 Å². The minimum absolute atomic E-state index is 0.175. The summed E-state index contributed by atoms with van der Waals surface area (Å²) in [5, 5.41) is 6.82. The number of H-pyrrole nitrogens is 1. The van der Waals surface area contributed by atoms with Crippen LogP contribution in [0.2, 0.25) is 0 Å². The SMILES string of the molecule is C[C@@](Cc1c[nH]c2ccccc12)(NC(=O)OCc1ccc(C(F)(F)F)cc1)C(=O)NCC1(c2ccccn2)CCCCC1. The van der Waals surface area contributed by atoms with E-state index in [2.05, 4.69) is 20.6 Å². The molecule has 1 saturated carbocycles. The van der Waals surface area contributed by atoms with E-state index in [1.807, 2.05) is 48.7 Å². The Morgan fingerprint density at radius 3 is 2.40 bits per heavy atom. The Hall–Kier alpha value is -4.34. The Labute approximate surface area is 248 Å². The highest BCUT2D eigenvalue weighted by Gasteiger charge is 2.40. The van der Waals surface area contributed by atoms with Crippen molar-refractivity contribution >= 4 is 22.9 Å². The van der Waals surface area contributed by atoms with Crippen LogP contribution in [0.15, 0.2) is 79.1 Å². The van der Waals surface area contributed by atoms with Gasteiger partial charge in [0.05, 0.1) is 5.56 Å². The third-order valence-electron chi connectivity index (χ3n) is 8.36.